The number of hydrogen-bond acceptors (Lipinski definition) is 2. The van der Waals surface area contributed by atoms with E-state index < -0.39 is 0 Å². The molecule has 1 rings (SSSR count). The Morgan fingerprint density at radius 1 is 1.25 bits per heavy atom. The summed E-state index contributed by atoms with van der Waals surface area (Å²) in [5.74, 6) is 0. The maximum absolute atomic E-state index is 9.27. The second kappa shape index (κ2) is 5.55. The number of aliphatic hydroxyl groups excluding tert-OH is 1. The summed E-state index contributed by atoms with van der Waals surface area (Å²) in [4.78, 5) is 2.47. The maximum atomic E-state index is 9.27. The summed E-state index contributed by atoms with van der Waals surface area (Å²) >= 11 is 0. The van der Waals surface area contributed by atoms with Crippen LogP contribution in [0.4, 0.5) is 0 Å². The first-order chi connectivity index (χ1) is 5.83. The number of piperidine rings is 1. The highest BCUT2D eigenvalue weighted by Gasteiger charge is 2.15. The van der Waals surface area contributed by atoms with Gasteiger partial charge in [-0.25, -0.2) is 0 Å². The quantitative estimate of drug-likeness (QED) is 0.650. The molecule has 72 valence electrons. The Morgan fingerprint density at radius 3 is 2.50 bits per heavy atom. The third-order valence-corrected chi connectivity index (χ3v) is 2.63. The number of rotatable bonds is 4. The van der Waals surface area contributed by atoms with Gasteiger partial charge in [-0.1, -0.05) is 19.8 Å². The lowest BCUT2D eigenvalue weighted by Gasteiger charge is -2.29. The molecule has 2 heteroatoms. The van der Waals surface area contributed by atoms with Gasteiger partial charge in [0.05, 0.1) is 6.10 Å². The second-order valence-electron chi connectivity index (χ2n) is 3.78. The lowest BCUT2D eigenvalue weighted by atomic mass is 10.1. The number of hydrogen-bond donors (Lipinski definition) is 1. The molecule has 1 aliphatic heterocycles. The van der Waals surface area contributed by atoms with Gasteiger partial charge < -0.3 is 10.0 Å². The lowest BCUT2D eigenvalue weighted by Crippen LogP contribution is -2.36. The molecule has 0 atom stereocenters. The predicted molar refractivity (Wildman–Crippen MR) is 51.2 cm³/mol. The van der Waals surface area contributed by atoms with E-state index in [9.17, 15) is 5.11 Å². The molecule has 12 heavy (non-hydrogen) atoms. The molecule has 1 saturated heterocycles. The monoisotopic (exact) mass is 171 g/mol. The molecule has 2 nitrogen and oxygen atoms in total. The molecular formula is C10H21NO. The van der Waals surface area contributed by atoms with Gasteiger partial charge in [0.25, 0.3) is 0 Å². The van der Waals surface area contributed by atoms with Crippen molar-refractivity contribution >= 4 is 0 Å². The van der Waals surface area contributed by atoms with Crippen LogP contribution in [-0.2, 0) is 0 Å². The van der Waals surface area contributed by atoms with E-state index >= 15 is 0 Å². The van der Waals surface area contributed by atoms with E-state index in [0.29, 0.717) is 0 Å². The van der Waals surface area contributed by atoms with Crippen molar-refractivity contribution in [1.29, 1.82) is 0 Å². The average molecular weight is 171 g/mol. The summed E-state index contributed by atoms with van der Waals surface area (Å²) in [6, 6.07) is 0. The van der Waals surface area contributed by atoms with Gasteiger partial charge in [0.15, 0.2) is 0 Å². The minimum Gasteiger partial charge on any atom is -0.393 e. The fraction of sp³-hybridized carbons (Fsp3) is 1.00. The predicted octanol–water partition coefficient (Wildman–Crippen LogP) is 1.63. The van der Waals surface area contributed by atoms with Crippen LogP contribution >= 0.6 is 0 Å². The third kappa shape index (κ3) is 3.55. The minimum absolute atomic E-state index is 0.0209. The van der Waals surface area contributed by atoms with Crippen LogP contribution < -0.4 is 0 Å². The SMILES string of the molecule is CCCCCN1CCC(O)CC1. The third-order valence-electron chi connectivity index (χ3n) is 2.63. The van der Waals surface area contributed by atoms with Crippen molar-refractivity contribution in [3.8, 4) is 0 Å². The zero-order chi connectivity index (χ0) is 8.81. The van der Waals surface area contributed by atoms with E-state index in [1.165, 1.54) is 25.8 Å². The number of unbranched alkanes of at least 4 members (excludes halogenated alkanes) is 2. The molecule has 1 aliphatic rings. The van der Waals surface area contributed by atoms with Gasteiger partial charge in [0.2, 0.25) is 0 Å². The highest BCUT2D eigenvalue weighted by molar-refractivity contribution is 4.70. The zero-order valence-corrected chi connectivity index (χ0v) is 8.13. The fourth-order valence-corrected chi connectivity index (χ4v) is 1.73. The Hall–Kier alpha value is -0.0800. The highest BCUT2D eigenvalue weighted by Crippen LogP contribution is 2.10. The highest BCUT2D eigenvalue weighted by atomic mass is 16.3. The van der Waals surface area contributed by atoms with Gasteiger partial charge in [0.1, 0.15) is 0 Å². The van der Waals surface area contributed by atoms with Crippen LogP contribution in [-0.4, -0.2) is 35.7 Å². The molecule has 0 amide bonds. The normalized spacial score (nSPS) is 21.5. The summed E-state index contributed by atoms with van der Waals surface area (Å²) in [7, 11) is 0. The van der Waals surface area contributed by atoms with Gasteiger partial charge in [-0.05, 0) is 25.8 Å². The summed E-state index contributed by atoms with van der Waals surface area (Å²) in [5, 5.41) is 9.27. The topological polar surface area (TPSA) is 23.5 Å². The van der Waals surface area contributed by atoms with Crippen molar-refractivity contribution in [3.63, 3.8) is 0 Å². The van der Waals surface area contributed by atoms with Crippen molar-refractivity contribution in [2.24, 2.45) is 0 Å². The molecular weight excluding hydrogens is 150 g/mol. The Kier molecular flexibility index (Phi) is 4.62. The standard InChI is InChI=1S/C10H21NO/c1-2-3-4-7-11-8-5-10(12)6-9-11/h10,12H,2-9H2,1H3. The van der Waals surface area contributed by atoms with E-state index in [1.54, 1.807) is 0 Å². The lowest BCUT2D eigenvalue weighted by molar-refractivity contribution is 0.0818. The molecule has 1 heterocycles. The number of nitrogens with zero attached hydrogens (tertiary/aromatic N) is 1. The Labute approximate surface area is 75.6 Å². The van der Waals surface area contributed by atoms with Gasteiger partial charge in [0, 0.05) is 13.1 Å². The first-order valence-electron chi connectivity index (χ1n) is 5.23. The molecule has 0 saturated carbocycles. The van der Waals surface area contributed by atoms with Crippen LogP contribution in [0.2, 0.25) is 0 Å². The first kappa shape index (κ1) is 10.0. The number of aliphatic hydroxyl groups is 1. The minimum atomic E-state index is -0.0209. The Morgan fingerprint density at radius 2 is 1.92 bits per heavy atom. The van der Waals surface area contributed by atoms with Crippen LogP contribution in [0.25, 0.3) is 0 Å². The van der Waals surface area contributed by atoms with Crippen molar-refractivity contribution in [1.82, 2.24) is 4.90 Å². The summed E-state index contributed by atoms with van der Waals surface area (Å²) in [6.45, 7) is 5.68. The first-order valence-corrected chi connectivity index (χ1v) is 5.23. The van der Waals surface area contributed by atoms with Gasteiger partial charge >= 0.3 is 0 Å². The molecule has 0 unspecified atom stereocenters. The van der Waals surface area contributed by atoms with Crippen molar-refractivity contribution in [2.45, 2.75) is 45.1 Å². The summed E-state index contributed by atoms with van der Waals surface area (Å²) < 4.78 is 0. The van der Waals surface area contributed by atoms with Crippen molar-refractivity contribution in [3.05, 3.63) is 0 Å². The molecule has 0 aromatic carbocycles. The van der Waals surface area contributed by atoms with Crippen LogP contribution in [0.1, 0.15) is 39.0 Å². The molecule has 1 N–H and O–H groups in total. The maximum Gasteiger partial charge on any atom is 0.0564 e. The Bertz CT molecular complexity index is 108. The van der Waals surface area contributed by atoms with Crippen LogP contribution in [0.15, 0.2) is 0 Å². The smallest absolute Gasteiger partial charge is 0.0564 e. The molecule has 0 aliphatic carbocycles. The summed E-state index contributed by atoms with van der Waals surface area (Å²) in [5.41, 5.74) is 0. The van der Waals surface area contributed by atoms with Crippen molar-refractivity contribution < 1.29 is 5.11 Å². The fourth-order valence-electron chi connectivity index (χ4n) is 1.73. The molecule has 0 bridgehead atoms. The van der Waals surface area contributed by atoms with Gasteiger partial charge in [-0.15, -0.1) is 0 Å². The molecule has 0 radical (unpaired) electrons. The average Bonchev–Trinajstić information content (AvgIpc) is 2.09. The molecule has 0 aromatic heterocycles. The van der Waals surface area contributed by atoms with Gasteiger partial charge in [-0.2, -0.15) is 0 Å². The van der Waals surface area contributed by atoms with Crippen LogP contribution in [0, 0.1) is 0 Å². The van der Waals surface area contributed by atoms with E-state index in [-0.39, 0.29) is 6.10 Å². The van der Waals surface area contributed by atoms with E-state index in [0.717, 1.165) is 25.9 Å². The van der Waals surface area contributed by atoms with Crippen molar-refractivity contribution in [2.75, 3.05) is 19.6 Å². The van der Waals surface area contributed by atoms with Crippen LogP contribution in [0.5, 0.6) is 0 Å². The Balaban J connectivity index is 2.01. The molecule has 1 fully saturated rings. The van der Waals surface area contributed by atoms with E-state index in [2.05, 4.69) is 11.8 Å². The van der Waals surface area contributed by atoms with Gasteiger partial charge in [-0.3, -0.25) is 0 Å². The second-order valence-corrected chi connectivity index (χ2v) is 3.78. The molecule has 0 aromatic rings. The number of likely N-dealkylation sites (tertiary alicyclic amines) is 1. The summed E-state index contributed by atoms with van der Waals surface area (Å²) in [6.07, 6.45) is 5.91. The van der Waals surface area contributed by atoms with Crippen LogP contribution in [0.3, 0.4) is 0 Å². The van der Waals surface area contributed by atoms with E-state index in [1.807, 2.05) is 0 Å². The zero-order valence-electron chi connectivity index (χ0n) is 8.13. The van der Waals surface area contributed by atoms with E-state index in [4.69, 9.17) is 0 Å². The largest absolute Gasteiger partial charge is 0.393 e. The molecule has 0 spiro atoms.